The molecular weight excluding hydrogens is 426 g/mol. The number of hydrogen-bond acceptors (Lipinski definition) is 5. The topological polar surface area (TPSA) is 94.3 Å². The van der Waals surface area contributed by atoms with E-state index in [2.05, 4.69) is 63.0 Å². The summed E-state index contributed by atoms with van der Waals surface area (Å²) in [7, 11) is 0. The number of aryl methyl sites for hydroxylation is 1. The zero-order valence-electron chi connectivity index (χ0n) is 19.8. The highest BCUT2D eigenvalue weighted by Gasteiger charge is 2.14. The molecule has 2 heterocycles. The van der Waals surface area contributed by atoms with E-state index in [9.17, 15) is 4.79 Å². The summed E-state index contributed by atoms with van der Waals surface area (Å²) in [5.74, 6) is 1.43. The van der Waals surface area contributed by atoms with Crippen LogP contribution in [0.15, 0.2) is 65.5 Å². The van der Waals surface area contributed by atoms with Crippen LogP contribution in [0.4, 0.5) is 0 Å². The van der Waals surface area contributed by atoms with Gasteiger partial charge in [-0.3, -0.25) is 4.57 Å². The number of tetrazole rings is 1. The van der Waals surface area contributed by atoms with Crippen molar-refractivity contribution in [3.63, 3.8) is 0 Å². The van der Waals surface area contributed by atoms with Gasteiger partial charge in [-0.1, -0.05) is 86.9 Å². The minimum atomic E-state index is -0.0387. The van der Waals surface area contributed by atoms with Crippen LogP contribution >= 0.6 is 0 Å². The summed E-state index contributed by atoms with van der Waals surface area (Å²) in [6, 6.07) is 16.3. The van der Waals surface area contributed by atoms with Crippen molar-refractivity contribution in [1.82, 2.24) is 35.0 Å². The third-order valence-electron chi connectivity index (χ3n) is 5.89. The lowest BCUT2D eigenvalue weighted by molar-refractivity contribution is 0.521. The minimum absolute atomic E-state index is 0.0387. The second-order valence-electron chi connectivity index (χ2n) is 8.33. The van der Waals surface area contributed by atoms with Crippen LogP contribution in [-0.2, 0) is 19.5 Å². The first-order chi connectivity index (χ1) is 16.7. The molecule has 0 amide bonds. The molecule has 8 heteroatoms. The van der Waals surface area contributed by atoms with Crippen LogP contribution in [0, 0.1) is 0 Å². The smallest absolute Gasteiger partial charge is 0.274 e. The normalized spacial score (nSPS) is 11.5. The highest BCUT2D eigenvalue weighted by molar-refractivity contribution is 5.80. The van der Waals surface area contributed by atoms with Crippen molar-refractivity contribution in [3.05, 3.63) is 82.6 Å². The van der Waals surface area contributed by atoms with E-state index in [4.69, 9.17) is 0 Å². The van der Waals surface area contributed by atoms with Crippen molar-refractivity contribution >= 4 is 0 Å². The fourth-order valence-corrected chi connectivity index (χ4v) is 4.04. The maximum absolute atomic E-state index is 13.1. The summed E-state index contributed by atoms with van der Waals surface area (Å²) in [4.78, 5) is 13.1. The predicted octanol–water partition coefficient (Wildman–Crippen LogP) is 4.64. The van der Waals surface area contributed by atoms with Gasteiger partial charge in [0, 0.05) is 18.5 Å². The second kappa shape index (κ2) is 11.4. The Morgan fingerprint density at radius 2 is 1.79 bits per heavy atom. The van der Waals surface area contributed by atoms with Crippen molar-refractivity contribution in [2.24, 2.45) is 0 Å². The second-order valence-corrected chi connectivity index (χ2v) is 8.33. The van der Waals surface area contributed by atoms with Gasteiger partial charge >= 0.3 is 5.69 Å². The zero-order chi connectivity index (χ0) is 23.8. The molecule has 0 saturated heterocycles. The van der Waals surface area contributed by atoms with Gasteiger partial charge in [-0.25, -0.2) is 14.6 Å². The minimum Gasteiger partial charge on any atom is -0.274 e. The van der Waals surface area contributed by atoms with E-state index in [1.807, 2.05) is 37.3 Å². The maximum atomic E-state index is 13.1. The molecule has 8 nitrogen and oxygen atoms in total. The Labute approximate surface area is 199 Å². The lowest BCUT2D eigenvalue weighted by Gasteiger charge is -2.09. The molecular formula is C26H31N7O. The highest BCUT2D eigenvalue weighted by atomic mass is 16.2. The molecule has 34 heavy (non-hydrogen) atoms. The van der Waals surface area contributed by atoms with Gasteiger partial charge in [-0.15, -0.1) is 5.10 Å². The van der Waals surface area contributed by atoms with Crippen molar-refractivity contribution in [2.45, 2.75) is 59.0 Å². The molecule has 0 spiro atoms. The van der Waals surface area contributed by atoms with Gasteiger partial charge in [0.05, 0.1) is 6.54 Å². The van der Waals surface area contributed by atoms with Crippen LogP contribution in [-0.4, -0.2) is 35.0 Å². The van der Waals surface area contributed by atoms with Crippen LogP contribution < -0.4 is 5.69 Å². The van der Waals surface area contributed by atoms with Crippen LogP contribution in [0.2, 0.25) is 0 Å². The van der Waals surface area contributed by atoms with Crippen LogP contribution in [0.25, 0.3) is 22.5 Å². The van der Waals surface area contributed by atoms with E-state index in [0.29, 0.717) is 25.3 Å². The molecule has 0 aliphatic heterocycles. The van der Waals surface area contributed by atoms with E-state index in [0.717, 1.165) is 40.9 Å². The van der Waals surface area contributed by atoms with E-state index in [1.165, 1.54) is 12.8 Å². The molecule has 0 atom stereocenters. The molecule has 0 saturated carbocycles. The molecule has 2 aromatic heterocycles. The third-order valence-corrected chi connectivity index (χ3v) is 5.89. The quantitative estimate of drug-likeness (QED) is 0.262. The standard InChI is InChI=1S/C26H31N7O/c1-3-5-7-10-18-33-26(34)32(24(29-33)13-6-4-2)19-20-14-16-21(17-15-20)22-11-8-9-12-23(22)25-27-30-31-28-25/h4,6,8-9,11-12,14-17H,3,5,7,10,13,18-19H2,1-2H3,(H,27,28,30,31)/b6-4+. The van der Waals surface area contributed by atoms with Gasteiger partial charge in [-0.2, -0.15) is 5.10 Å². The summed E-state index contributed by atoms with van der Waals surface area (Å²) >= 11 is 0. The van der Waals surface area contributed by atoms with Crippen molar-refractivity contribution in [3.8, 4) is 22.5 Å². The Kier molecular flexibility index (Phi) is 7.80. The van der Waals surface area contributed by atoms with E-state index in [1.54, 1.807) is 9.25 Å². The summed E-state index contributed by atoms with van der Waals surface area (Å²) in [5.41, 5.74) is 4.05. The van der Waals surface area contributed by atoms with E-state index < -0.39 is 0 Å². The first-order valence-corrected chi connectivity index (χ1v) is 11.9. The number of nitrogens with zero attached hydrogens (tertiary/aromatic N) is 6. The molecule has 0 unspecified atom stereocenters. The lowest BCUT2D eigenvalue weighted by atomic mass is 9.98. The number of aromatic nitrogens is 7. The number of H-pyrrole nitrogens is 1. The Morgan fingerprint density at radius 3 is 2.50 bits per heavy atom. The largest absolute Gasteiger partial charge is 0.346 e. The average Bonchev–Trinajstić information content (AvgIpc) is 3.50. The third kappa shape index (κ3) is 5.39. The molecule has 0 aliphatic rings. The Bertz CT molecular complexity index is 1270. The number of hydrogen-bond donors (Lipinski definition) is 1. The van der Waals surface area contributed by atoms with Gasteiger partial charge in [-0.05, 0) is 40.5 Å². The number of unbranched alkanes of at least 4 members (excludes halogenated alkanes) is 3. The van der Waals surface area contributed by atoms with Crippen LogP contribution in [0.5, 0.6) is 0 Å². The van der Waals surface area contributed by atoms with Crippen LogP contribution in [0.1, 0.15) is 50.9 Å². The van der Waals surface area contributed by atoms with Crippen molar-refractivity contribution < 1.29 is 0 Å². The van der Waals surface area contributed by atoms with Gasteiger partial charge in [0.2, 0.25) is 0 Å². The number of aromatic amines is 1. The SMILES string of the molecule is C/C=C/Cc1nn(CCCCCC)c(=O)n1Cc1ccc(-c2ccccc2-c2nnn[nH]2)cc1. The maximum Gasteiger partial charge on any atom is 0.346 e. The zero-order valence-corrected chi connectivity index (χ0v) is 19.8. The summed E-state index contributed by atoms with van der Waals surface area (Å²) in [6.07, 6.45) is 9.12. The Balaban J connectivity index is 1.57. The van der Waals surface area contributed by atoms with Gasteiger partial charge < -0.3 is 0 Å². The molecule has 176 valence electrons. The number of benzene rings is 2. The molecule has 0 fully saturated rings. The number of rotatable bonds is 11. The predicted molar refractivity (Wildman–Crippen MR) is 133 cm³/mol. The highest BCUT2D eigenvalue weighted by Crippen LogP contribution is 2.29. The molecule has 1 N–H and O–H groups in total. The van der Waals surface area contributed by atoms with Crippen molar-refractivity contribution in [2.75, 3.05) is 0 Å². The van der Waals surface area contributed by atoms with Gasteiger partial charge in [0.1, 0.15) is 5.82 Å². The first-order valence-electron chi connectivity index (χ1n) is 11.9. The molecule has 0 bridgehead atoms. The number of allylic oxidation sites excluding steroid dienone is 2. The summed E-state index contributed by atoms with van der Waals surface area (Å²) in [5, 5.41) is 18.9. The Hall–Kier alpha value is -3.81. The van der Waals surface area contributed by atoms with Crippen LogP contribution in [0.3, 0.4) is 0 Å². The molecule has 0 radical (unpaired) electrons. The first kappa shape index (κ1) is 23.4. The Morgan fingerprint density at radius 1 is 1.00 bits per heavy atom. The van der Waals surface area contributed by atoms with Gasteiger partial charge in [0.15, 0.2) is 5.82 Å². The molecule has 0 aliphatic carbocycles. The van der Waals surface area contributed by atoms with Gasteiger partial charge in [0.25, 0.3) is 0 Å². The molecule has 4 rings (SSSR count). The molecule has 2 aromatic carbocycles. The van der Waals surface area contributed by atoms with E-state index in [-0.39, 0.29) is 5.69 Å². The monoisotopic (exact) mass is 457 g/mol. The number of nitrogens with one attached hydrogen (secondary N) is 1. The fraction of sp³-hybridized carbons (Fsp3) is 0.346. The fourth-order valence-electron chi connectivity index (χ4n) is 4.04. The summed E-state index contributed by atoms with van der Waals surface area (Å²) in [6.45, 7) is 5.33. The average molecular weight is 458 g/mol. The van der Waals surface area contributed by atoms with E-state index >= 15 is 0 Å². The molecule has 4 aromatic rings. The lowest BCUT2D eigenvalue weighted by Crippen LogP contribution is -2.26. The van der Waals surface area contributed by atoms with Crippen molar-refractivity contribution in [1.29, 1.82) is 0 Å². The summed E-state index contributed by atoms with van der Waals surface area (Å²) < 4.78 is 3.42.